The second-order valence-electron chi connectivity index (χ2n) is 8.84. The molecule has 2 heterocycles. The molecule has 0 spiro atoms. The Bertz CT molecular complexity index is 681. The predicted molar refractivity (Wildman–Crippen MR) is 101 cm³/mol. The standard InChI is InChI=1S/C22H30N2O2/c25-22(14-20-12-16-1-3-18(20)11-16)24-8-6-23(7-9-24)15-17-2-4-21-19(13-17)5-10-26-21/h2,4,13,16,18,20H,1,3,5-12,14-15H2/t16-,18-,20-/m1/s1. The van der Waals surface area contributed by atoms with Crippen molar-refractivity contribution in [1.82, 2.24) is 9.80 Å². The van der Waals surface area contributed by atoms with Gasteiger partial charge in [-0.2, -0.15) is 0 Å². The van der Waals surface area contributed by atoms with Crippen LogP contribution in [0, 0.1) is 17.8 Å². The van der Waals surface area contributed by atoms with E-state index in [9.17, 15) is 4.79 Å². The first-order valence-corrected chi connectivity index (χ1v) is 10.5. The van der Waals surface area contributed by atoms with E-state index in [-0.39, 0.29) is 0 Å². The molecule has 26 heavy (non-hydrogen) atoms. The highest BCUT2D eigenvalue weighted by Crippen LogP contribution is 2.49. The number of hydrogen-bond donors (Lipinski definition) is 0. The minimum Gasteiger partial charge on any atom is -0.493 e. The van der Waals surface area contributed by atoms with Gasteiger partial charge in [-0.25, -0.2) is 0 Å². The molecule has 0 N–H and O–H groups in total. The molecule has 4 aliphatic rings. The molecule has 0 unspecified atom stereocenters. The van der Waals surface area contributed by atoms with Gasteiger partial charge in [0.05, 0.1) is 6.61 Å². The van der Waals surface area contributed by atoms with E-state index in [1.165, 1.54) is 36.8 Å². The van der Waals surface area contributed by atoms with Gasteiger partial charge in [0.1, 0.15) is 5.75 Å². The maximum absolute atomic E-state index is 12.7. The minimum atomic E-state index is 0.414. The van der Waals surface area contributed by atoms with Gasteiger partial charge in [0.25, 0.3) is 0 Å². The Kier molecular flexibility index (Phi) is 4.39. The zero-order valence-electron chi connectivity index (χ0n) is 15.7. The molecule has 1 aromatic rings. The van der Waals surface area contributed by atoms with Gasteiger partial charge in [0.2, 0.25) is 5.91 Å². The summed E-state index contributed by atoms with van der Waals surface area (Å²) in [4.78, 5) is 17.3. The Morgan fingerprint density at radius 2 is 2.00 bits per heavy atom. The lowest BCUT2D eigenvalue weighted by atomic mass is 9.86. The molecule has 0 radical (unpaired) electrons. The van der Waals surface area contributed by atoms with Crippen molar-refractivity contribution >= 4 is 5.91 Å². The smallest absolute Gasteiger partial charge is 0.222 e. The van der Waals surface area contributed by atoms with Gasteiger partial charge in [-0.05, 0) is 54.2 Å². The number of carbonyl (C=O) groups is 1. The van der Waals surface area contributed by atoms with Crippen LogP contribution in [-0.4, -0.2) is 48.5 Å². The number of piperazine rings is 1. The molecule has 4 heteroatoms. The topological polar surface area (TPSA) is 32.8 Å². The number of amides is 1. The van der Waals surface area contributed by atoms with Crippen molar-refractivity contribution < 1.29 is 9.53 Å². The molecule has 1 saturated heterocycles. The number of benzene rings is 1. The molecule has 2 aliphatic carbocycles. The number of hydrogen-bond acceptors (Lipinski definition) is 3. The van der Waals surface area contributed by atoms with E-state index < -0.39 is 0 Å². The van der Waals surface area contributed by atoms with Crippen LogP contribution in [0.5, 0.6) is 5.75 Å². The SMILES string of the molecule is O=C(C[C@H]1C[C@@H]2CC[C@@H]1C2)N1CCN(Cc2ccc3c(c2)CCO3)CC1. The molecule has 3 fully saturated rings. The van der Waals surface area contributed by atoms with Gasteiger partial charge in [-0.15, -0.1) is 0 Å². The molecule has 0 aromatic heterocycles. The quantitative estimate of drug-likeness (QED) is 0.833. The highest BCUT2D eigenvalue weighted by atomic mass is 16.5. The van der Waals surface area contributed by atoms with Crippen LogP contribution in [0.4, 0.5) is 0 Å². The van der Waals surface area contributed by atoms with Crippen LogP contribution >= 0.6 is 0 Å². The van der Waals surface area contributed by atoms with Crippen LogP contribution in [0.25, 0.3) is 0 Å². The summed E-state index contributed by atoms with van der Waals surface area (Å²) in [5.74, 6) is 3.95. The summed E-state index contributed by atoms with van der Waals surface area (Å²) in [5.41, 5.74) is 2.72. The largest absolute Gasteiger partial charge is 0.493 e. The van der Waals surface area contributed by atoms with E-state index in [1.54, 1.807) is 0 Å². The first-order chi connectivity index (χ1) is 12.7. The maximum Gasteiger partial charge on any atom is 0.222 e. The summed E-state index contributed by atoms with van der Waals surface area (Å²) in [7, 11) is 0. The molecule has 2 bridgehead atoms. The number of ether oxygens (including phenoxy) is 1. The van der Waals surface area contributed by atoms with Gasteiger partial charge >= 0.3 is 0 Å². The van der Waals surface area contributed by atoms with Crippen molar-refractivity contribution in [2.45, 2.75) is 45.1 Å². The lowest BCUT2D eigenvalue weighted by Crippen LogP contribution is -2.48. The third kappa shape index (κ3) is 3.24. The zero-order chi connectivity index (χ0) is 17.5. The molecule has 5 rings (SSSR count). The van der Waals surface area contributed by atoms with E-state index in [4.69, 9.17) is 4.74 Å². The Morgan fingerprint density at radius 3 is 2.77 bits per heavy atom. The summed E-state index contributed by atoms with van der Waals surface area (Å²) in [6, 6.07) is 6.61. The van der Waals surface area contributed by atoms with Crippen LogP contribution < -0.4 is 4.74 Å². The average Bonchev–Trinajstić information content (AvgIpc) is 3.38. The fraction of sp³-hybridized carbons (Fsp3) is 0.682. The van der Waals surface area contributed by atoms with Crippen molar-refractivity contribution in [3.63, 3.8) is 0 Å². The Balaban J connectivity index is 1.11. The molecule has 4 nitrogen and oxygen atoms in total. The molecule has 1 aromatic carbocycles. The summed E-state index contributed by atoms with van der Waals surface area (Å²) >= 11 is 0. The summed E-state index contributed by atoms with van der Waals surface area (Å²) in [5, 5.41) is 0. The fourth-order valence-corrected chi connectivity index (χ4v) is 5.73. The molecule has 3 atom stereocenters. The van der Waals surface area contributed by atoms with Crippen LogP contribution in [0.2, 0.25) is 0 Å². The molecular weight excluding hydrogens is 324 g/mol. The zero-order valence-corrected chi connectivity index (χ0v) is 15.7. The highest BCUT2D eigenvalue weighted by molar-refractivity contribution is 5.76. The molecule has 140 valence electrons. The number of rotatable bonds is 4. The van der Waals surface area contributed by atoms with Gasteiger partial charge in [-0.3, -0.25) is 9.69 Å². The summed E-state index contributed by atoms with van der Waals surface area (Å²) < 4.78 is 5.60. The lowest BCUT2D eigenvalue weighted by Gasteiger charge is -2.36. The fourth-order valence-electron chi connectivity index (χ4n) is 5.73. The van der Waals surface area contributed by atoms with Crippen molar-refractivity contribution in [1.29, 1.82) is 0 Å². The summed E-state index contributed by atoms with van der Waals surface area (Å²) in [6.07, 6.45) is 7.36. The van der Waals surface area contributed by atoms with E-state index in [0.717, 1.165) is 69.8 Å². The number of nitrogens with zero attached hydrogens (tertiary/aromatic N) is 2. The Hall–Kier alpha value is -1.55. The normalized spacial score (nSPS) is 30.5. The van der Waals surface area contributed by atoms with Crippen molar-refractivity contribution in [2.75, 3.05) is 32.8 Å². The Labute approximate surface area is 156 Å². The van der Waals surface area contributed by atoms with E-state index in [0.29, 0.717) is 11.8 Å². The first kappa shape index (κ1) is 16.6. The molecule has 1 amide bonds. The van der Waals surface area contributed by atoms with E-state index in [2.05, 4.69) is 28.0 Å². The second-order valence-corrected chi connectivity index (χ2v) is 8.84. The third-order valence-corrected chi connectivity index (χ3v) is 7.21. The Morgan fingerprint density at radius 1 is 1.12 bits per heavy atom. The predicted octanol–water partition coefficient (Wildman–Crippen LogP) is 3.09. The van der Waals surface area contributed by atoms with Crippen LogP contribution in [0.15, 0.2) is 18.2 Å². The van der Waals surface area contributed by atoms with Crippen molar-refractivity contribution in [3.8, 4) is 5.75 Å². The minimum absolute atomic E-state index is 0.414. The van der Waals surface area contributed by atoms with Crippen LogP contribution in [0.3, 0.4) is 0 Å². The van der Waals surface area contributed by atoms with E-state index in [1.807, 2.05) is 0 Å². The highest BCUT2D eigenvalue weighted by Gasteiger charge is 2.40. The first-order valence-electron chi connectivity index (χ1n) is 10.5. The van der Waals surface area contributed by atoms with Crippen molar-refractivity contribution in [3.05, 3.63) is 29.3 Å². The number of carbonyl (C=O) groups excluding carboxylic acids is 1. The van der Waals surface area contributed by atoms with Crippen LogP contribution in [0.1, 0.15) is 43.2 Å². The lowest BCUT2D eigenvalue weighted by molar-refractivity contribution is -0.134. The molecule has 2 aliphatic heterocycles. The van der Waals surface area contributed by atoms with Gasteiger partial charge < -0.3 is 9.64 Å². The summed E-state index contributed by atoms with van der Waals surface area (Å²) in [6.45, 7) is 5.59. The average molecular weight is 354 g/mol. The van der Waals surface area contributed by atoms with Gasteiger partial charge in [0.15, 0.2) is 0 Å². The third-order valence-electron chi connectivity index (χ3n) is 7.21. The van der Waals surface area contributed by atoms with E-state index >= 15 is 0 Å². The van der Waals surface area contributed by atoms with Crippen LogP contribution in [-0.2, 0) is 17.8 Å². The van der Waals surface area contributed by atoms with Crippen molar-refractivity contribution in [2.24, 2.45) is 17.8 Å². The monoisotopic (exact) mass is 354 g/mol. The number of fused-ring (bicyclic) bond motifs is 3. The second kappa shape index (κ2) is 6.88. The molecule has 2 saturated carbocycles. The maximum atomic E-state index is 12.7. The van der Waals surface area contributed by atoms with Gasteiger partial charge in [-0.1, -0.05) is 18.6 Å². The van der Waals surface area contributed by atoms with Gasteiger partial charge in [0, 0.05) is 45.6 Å². The molecular formula is C22H30N2O2.